The Hall–Kier alpha value is -0.620. The van der Waals surface area contributed by atoms with Crippen LogP contribution >= 0.6 is 11.6 Å². The van der Waals surface area contributed by atoms with E-state index in [1.807, 2.05) is 6.92 Å². The molecule has 1 aromatic rings. The minimum Gasteiger partial charge on any atom is -0.381 e. The van der Waals surface area contributed by atoms with E-state index in [-0.39, 0.29) is 17.7 Å². The highest BCUT2D eigenvalue weighted by atomic mass is 35.5. The second-order valence-electron chi connectivity index (χ2n) is 5.02. The first-order chi connectivity index (χ1) is 9.53. The fourth-order valence-corrected chi connectivity index (χ4v) is 4.20. The summed E-state index contributed by atoms with van der Waals surface area (Å²) in [7, 11) is -3.31. The average Bonchev–Trinajstić information content (AvgIpc) is 2.92. The van der Waals surface area contributed by atoms with Gasteiger partial charge in [0.2, 0.25) is 0 Å². The molecule has 0 saturated carbocycles. The molecule has 1 heterocycles. The van der Waals surface area contributed by atoms with Crippen molar-refractivity contribution in [1.82, 2.24) is 5.32 Å². The van der Waals surface area contributed by atoms with Gasteiger partial charge in [0, 0.05) is 23.6 Å². The standard InChI is InChI=1S/C14H20ClNO3S/c1-2-16-14(11-7-8-19-9-11)10-20(17,18)13-5-3-12(15)4-6-13/h3-6,11,14,16H,2,7-10H2,1H3. The van der Waals surface area contributed by atoms with Gasteiger partial charge in [0.1, 0.15) is 0 Å². The van der Waals surface area contributed by atoms with Crippen molar-refractivity contribution in [3.63, 3.8) is 0 Å². The molecule has 1 aliphatic heterocycles. The van der Waals surface area contributed by atoms with E-state index in [4.69, 9.17) is 16.3 Å². The Morgan fingerprint density at radius 1 is 1.40 bits per heavy atom. The third-order valence-electron chi connectivity index (χ3n) is 3.57. The van der Waals surface area contributed by atoms with Crippen LogP contribution < -0.4 is 5.32 Å². The van der Waals surface area contributed by atoms with Crippen molar-refractivity contribution in [3.05, 3.63) is 29.3 Å². The number of hydrogen-bond acceptors (Lipinski definition) is 4. The molecule has 2 rings (SSSR count). The zero-order valence-electron chi connectivity index (χ0n) is 11.5. The molecule has 6 heteroatoms. The predicted molar refractivity (Wildman–Crippen MR) is 79.9 cm³/mol. The fraction of sp³-hybridized carbons (Fsp3) is 0.571. The third kappa shape index (κ3) is 3.95. The summed E-state index contributed by atoms with van der Waals surface area (Å²) in [5, 5.41) is 3.81. The van der Waals surface area contributed by atoms with E-state index >= 15 is 0 Å². The third-order valence-corrected chi connectivity index (χ3v) is 5.61. The van der Waals surface area contributed by atoms with Crippen LogP contribution in [-0.2, 0) is 14.6 Å². The maximum Gasteiger partial charge on any atom is 0.179 e. The number of benzene rings is 1. The van der Waals surface area contributed by atoms with Gasteiger partial charge in [-0.2, -0.15) is 0 Å². The van der Waals surface area contributed by atoms with Gasteiger partial charge in [-0.25, -0.2) is 8.42 Å². The van der Waals surface area contributed by atoms with Crippen LogP contribution in [0.15, 0.2) is 29.2 Å². The van der Waals surface area contributed by atoms with Gasteiger partial charge in [-0.1, -0.05) is 18.5 Å². The van der Waals surface area contributed by atoms with Crippen LogP contribution in [-0.4, -0.2) is 40.0 Å². The Kier molecular flexibility index (Phi) is 5.43. The summed E-state index contributed by atoms with van der Waals surface area (Å²) in [6.45, 7) is 4.08. The van der Waals surface area contributed by atoms with Gasteiger partial charge in [0.25, 0.3) is 0 Å². The molecule has 112 valence electrons. The molecule has 2 unspecified atom stereocenters. The smallest absolute Gasteiger partial charge is 0.179 e. The molecule has 0 amide bonds. The Labute approximate surface area is 125 Å². The van der Waals surface area contributed by atoms with Crippen LogP contribution in [0.2, 0.25) is 5.02 Å². The van der Waals surface area contributed by atoms with Crippen LogP contribution in [0.3, 0.4) is 0 Å². The van der Waals surface area contributed by atoms with E-state index in [2.05, 4.69) is 5.32 Å². The molecule has 4 nitrogen and oxygen atoms in total. The molecule has 1 saturated heterocycles. The van der Waals surface area contributed by atoms with Crippen molar-refractivity contribution in [2.45, 2.75) is 24.3 Å². The monoisotopic (exact) mass is 317 g/mol. The highest BCUT2D eigenvalue weighted by Gasteiger charge is 2.30. The van der Waals surface area contributed by atoms with Crippen LogP contribution in [0.1, 0.15) is 13.3 Å². The molecule has 0 radical (unpaired) electrons. The van der Waals surface area contributed by atoms with Crippen LogP contribution in [0.4, 0.5) is 0 Å². The van der Waals surface area contributed by atoms with E-state index in [0.29, 0.717) is 23.1 Å². The van der Waals surface area contributed by atoms with Crippen molar-refractivity contribution >= 4 is 21.4 Å². The van der Waals surface area contributed by atoms with E-state index < -0.39 is 9.84 Å². The van der Waals surface area contributed by atoms with Crippen LogP contribution in [0.5, 0.6) is 0 Å². The Morgan fingerprint density at radius 2 is 2.10 bits per heavy atom. The van der Waals surface area contributed by atoms with Gasteiger partial charge in [-0.3, -0.25) is 0 Å². The van der Waals surface area contributed by atoms with E-state index in [9.17, 15) is 8.42 Å². The van der Waals surface area contributed by atoms with E-state index in [1.165, 1.54) is 0 Å². The molecule has 1 fully saturated rings. The Morgan fingerprint density at radius 3 is 2.65 bits per heavy atom. The predicted octanol–water partition coefficient (Wildman–Crippen LogP) is 2.13. The number of sulfone groups is 1. The lowest BCUT2D eigenvalue weighted by atomic mass is 10.0. The first kappa shape index (κ1) is 15.8. The summed E-state index contributed by atoms with van der Waals surface area (Å²) < 4.78 is 30.3. The largest absolute Gasteiger partial charge is 0.381 e. The lowest BCUT2D eigenvalue weighted by Crippen LogP contribution is -2.42. The van der Waals surface area contributed by atoms with Gasteiger partial charge in [-0.15, -0.1) is 0 Å². The summed E-state index contributed by atoms with van der Waals surface area (Å²) in [4.78, 5) is 0.323. The second kappa shape index (κ2) is 6.89. The Balaban J connectivity index is 2.13. The number of rotatable bonds is 6. The molecule has 0 aromatic heterocycles. The molecular weight excluding hydrogens is 298 g/mol. The van der Waals surface area contributed by atoms with Crippen molar-refractivity contribution < 1.29 is 13.2 Å². The molecule has 0 spiro atoms. The number of ether oxygens (including phenoxy) is 1. The van der Waals surface area contributed by atoms with Crippen molar-refractivity contribution in [2.24, 2.45) is 5.92 Å². The lowest BCUT2D eigenvalue weighted by Gasteiger charge is -2.23. The van der Waals surface area contributed by atoms with Gasteiger partial charge in [-0.05, 0) is 37.2 Å². The molecule has 0 aliphatic carbocycles. The molecule has 1 N–H and O–H groups in total. The SMILES string of the molecule is CCNC(CS(=O)(=O)c1ccc(Cl)cc1)C1CCOC1. The van der Waals surface area contributed by atoms with Gasteiger partial charge >= 0.3 is 0 Å². The number of hydrogen-bond donors (Lipinski definition) is 1. The summed E-state index contributed by atoms with van der Waals surface area (Å²) in [6.07, 6.45) is 0.911. The quantitative estimate of drug-likeness (QED) is 0.873. The van der Waals surface area contributed by atoms with E-state index in [1.54, 1.807) is 24.3 Å². The minimum absolute atomic E-state index is 0.0665. The second-order valence-corrected chi connectivity index (χ2v) is 7.49. The molecular formula is C14H20ClNO3S. The molecule has 20 heavy (non-hydrogen) atoms. The van der Waals surface area contributed by atoms with Gasteiger partial charge < -0.3 is 10.1 Å². The number of nitrogens with one attached hydrogen (secondary N) is 1. The maximum atomic E-state index is 12.5. The maximum absolute atomic E-state index is 12.5. The molecule has 1 aromatic carbocycles. The van der Waals surface area contributed by atoms with Crippen molar-refractivity contribution in [2.75, 3.05) is 25.5 Å². The van der Waals surface area contributed by atoms with Gasteiger partial charge in [0.05, 0.1) is 17.3 Å². The first-order valence-corrected chi connectivity index (χ1v) is 8.85. The van der Waals surface area contributed by atoms with Crippen molar-refractivity contribution in [1.29, 1.82) is 0 Å². The zero-order chi connectivity index (χ0) is 14.6. The molecule has 2 atom stereocenters. The summed E-state index contributed by atoms with van der Waals surface area (Å²) in [5.74, 6) is 0.355. The van der Waals surface area contributed by atoms with Crippen LogP contribution in [0, 0.1) is 5.92 Å². The van der Waals surface area contributed by atoms with E-state index in [0.717, 1.165) is 13.0 Å². The molecule has 0 bridgehead atoms. The summed E-state index contributed by atoms with van der Waals surface area (Å²) >= 11 is 5.80. The van der Waals surface area contributed by atoms with Crippen molar-refractivity contribution in [3.8, 4) is 0 Å². The topological polar surface area (TPSA) is 55.4 Å². The lowest BCUT2D eigenvalue weighted by molar-refractivity contribution is 0.179. The van der Waals surface area contributed by atoms with Gasteiger partial charge in [0.15, 0.2) is 9.84 Å². The summed E-state index contributed by atoms with van der Waals surface area (Å²) in [6, 6.07) is 6.27. The average molecular weight is 318 g/mol. The first-order valence-electron chi connectivity index (χ1n) is 6.82. The molecule has 1 aliphatic rings. The highest BCUT2D eigenvalue weighted by Crippen LogP contribution is 2.22. The highest BCUT2D eigenvalue weighted by molar-refractivity contribution is 7.91. The fourth-order valence-electron chi connectivity index (χ4n) is 2.47. The van der Waals surface area contributed by atoms with Crippen LogP contribution in [0.25, 0.3) is 0 Å². The normalized spacial score (nSPS) is 21.0. The number of halogens is 1. The minimum atomic E-state index is -3.31. The zero-order valence-corrected chi connectivity index (χ0v) is 13.1. The summed E-state index contributed by atoms with van der Waals surface area (Å²) in [5.41, 5.74) is 0. The Bertz CT molecular complexity index is 524.